The van der Waals surface area contributed by atoms with Gasteiger partial charge in [-0.05, 0) is 55.2 Å². The van der Waals surface area contributed by atoms with E-state index >= 15 is 0 Å². The molecule has 1 fully saturated rings. The number of rotatable bonds is 25. The molecule has 6 amide bonds. The number of carbonyl (C=O) groups excluding carboxylic acids is 6. The molecule has 3 aromatic rings. The summed E-state index contributed by atoms with van der Waals surface area (Å²) in [5.74, 6) is -8.12. The maximum absolute atomic E-state index is 14.4. The fourth-order valence-corrected chi connectivity index (χ4v) is 7.47. The van der Waals surface area contributed by atoms with Crippen LogP contribution in [0.4, 0.5) is 5.95 Å². The smallest absolute Gasteiger partial charge is 0.326 e. The lowest BCUT2D eigenvalue weighted by atomic mass is 9.96. The van der Waals surface area contributed by atoms with E-state index in [4.69, 9.17) is 11.5 Å². The molecule has 0 bridgehead atoms. The molecule has 0 saturated carbocycles. The molecule has 3 heterocycles. The Morgan fingerprint density at radius 3 is 2.08 bits per heavy atom. The Labute approximate surface area is 381 Å². The van der Waals surface area contributed by atoms with Gasteiger partial charge in [0, 0.05) is 50.2 Å². The number of amides is 6. The first-order valence-electron chi connectivity index (χ1n) is 21.8. The summed E-state index contributed by atoms with van der Waals surface area (Å²) in [7, 11) is 0. The molecule has 23 nitrogen and oxygen atoms in total. The van der Waals surface area contributed by atoms with Crippen molar-refractivity contribution in [3.05, 3.63) is 60.4 Å². The average Bonchev–Trinajstić information content (AvgIpc) is 4.07. The number of hydrogen-bond donors (Lipinski definition) is 11. The van der Waals surface area contributed by atoms with E-state index in [-0.39, 0.29) is 50.3 Å². The zero-order valence-electron chi connectivity index (χ0n) is 37.4. The van der Waals surface area contributed by atoms with Crippen LogP contribution in [-0.4, -0.2) is 136 Å². The molecule has 4 rings (SSSR count). The minimum absolute atomic E-state index is 0.0128. The predicted octanol–water partition coefficient (Wildman–Crippen LogP) is -0.837. The van der Waals surface area contributed by atoms with Crippen LogP contribution in [0.3, 0.4) is 0 Å². The predicted molar refractivity (Wildman–Crippen MR) is 237 cm³/mol. The summed E-state index contributed by atoms with van der Waals surface area (Å²) < 4.78 is 1.62. The number of carbonyl (C=O) groups is 8. The third-order valence-corrected chi connectivity index (χ3v) is 11.5. The molecular formula is C43H62N12O11. The molecule has 66 heavy (non-hydrogen) atoms. The number of imidazole rings is 2. The number of aromatic hydroxyl groups is 1. The molecule has 0 spiro atoms. The van der Waals surface area contributed by atoms with Gasteiger partial charge in [0.15, 0.2) is 5.95 Å². The van der Waals surface area contributed by atoms with Crippen LogP contribution in [0.15, 0.2) is 49.2 Å². The van der Waals surface area contributed by atoms with Crippen LogP contribution in [0.25, 0.3) is 0 Å². The maximum Gasteiger partial charge on any atom is 0.326 e. The second-order valence-corrected chi connectivity index (χ2v) is 16.8. The van der Waals surface area contributed by atoms with E-state index in [2.05, 4.69) is 41.5 Å². The quantitative estimate of drug-likeness (QED) is 0.0494. The van der Waals surface area contributed by atoms with E-state index in [1.54, 1.807) is 38.5 Å². The molecule has 0 aliphatic carbocycles. The highest BCUT2D eigenvalue weighted by Gasteiger charge is 2.40. The second kappa shape index (κ2) is 24.3. The van der Waals surface area contributed by atoms with Crippen molar-refractivity contribution in [2.24, 2.45) is 17.6 Å². The van der Waals surface area contributed by atoms with Gasteiger partial charge in [0.1, 0.15) is 42.0 Å². The lowest BCUT2D eigenvalue weighted by molar-refractivity contribution is -0.149. The van der Waals surface area contributed by atoms with Crippen LogP contribution in [0.1, 0.15) is 77.5 Å². The Morgan fingerprint density at radius 1 is 0.848 bits per heavy atom. The number of hydrogen-bond acceptors (Lipinski definition) is 13. The number of aryl methyl sites for hydroxylation is 1. The van der Waals surface area contributed by atoms with Crippen LogP contribution in [0.2, 0.25) is 0 Å². The number of benzene rings is 1. The van der Waals surface area contributed by atoms with Gasteiger partial charge in [-0.25, -0.2) is 14.8 Å². The number of carboxylic acid groups (broad SMARTS) is 2. The topological polar surface area (TPSA) is 359 Å². The Kier molecular flexibility index (Phi) is 19.0. The van der Waals surface area contributed by atoms with Gasteiger partial charge in [-0.15, -0.1) is 0 Å². The molecule has 0 radical (unpaired) electrons. The average molecular weight is 923 g/mol. The number of likely N-dealkylation sites (tertiary alicyclic amines) is 1. The number of phenols is 1. The third kappa shape index (κ3) is 14.8. The van der Waals surface area contributed by atoms with E-state index in [1.807, 2.05) is 0 Å². The zero-order chi connectivity index (χ0) is 48.7. The summed E-state index contributed by atoms with van der Waals surface area (Å²) in [6.45, 7) is 7.26. The summed E-state index contributed by atoms with van der Waals surface area (Å²) in [6.07, 6.45) is 6.45. The van der Waals surface area contributed by atoms with E-state index in [9.17, 15) is 53.7 Å². The van der Waals surface area contributed by atoms with Crippen LogP contribution < -0.4 is 38.1 Å². The van der Waals surface area contributed by atoms with Crippen LogP contribution in [0.5, 0.6) is 5.75 Å². The number of carboxylic acids is 2. The van der Waals surface area contributed by atoms with Gasteiger partial charge in [0.05, 0.1) is 18.8 Å². The molecule has 1 saturated heterocycles. The highest BCUT2D eigenvalue weighted by Crippen LogP contribution is 2.20. The zero-order valence-corrected chi connectivity index (χ0v) is 37.4. The number of phenolic OH excluding ortho intramolecular Hbond substituents is 1. The molecule has 1 aliphatic rings. The standard InChI is InChI=1S/C43H62N12O11/c1-5-24(4)35(40(63)51-31(19-26-21-46-22-48-26)41(64)55-16-7-9-32(55)42(65)66)53-38(61)30(18-25-10-12-27(56)13-11-25)50-39(62)34(23(2)3)52-37(60)29(49-36(59)28(44)20-33(57)58)8-6-15-54-17-14-47-43(54)45/h10-14,17,21-24,28-32,34-35,56H,5-9,15-16,18-20,44H2,1-4H3,(H2,45,47)(H,46,48)(H,49,59)(H,50,62)(H,51,63)(H,52,60)(H,53,61)(H,57,58)(H,65,66)/t24-,28-,29-,30-,31-,32-,34-,35-/m0/s1. The molecule has 23 heteroatoms. The van der Waals surface area contributed by atoms with Gasteiger partial charge in [0.25, 0.3) is 0 Å². The molecule has 1 aromatic carbocycles. The van der Waals surface area contributed by atoms with E-state index in [0.717, 1.165) is 0 Å². The Bertz CT molecular complexity index is 2150. The second-order valence-electron chi connectivity index (χ2n) is 16.8. The maximum atomic E-state index is 14.4. The number of anilines is 1. The van der Waals surface area contributed by atoms with Crippen LogP contribution >= 0.6 is 0 Å². The molecule has 13 N–H and O–H groups in total. The first-order chi connectivity index (χ1) is 31.3. The van der Waals surface area contributed by atoms with Crippen molar-refractivity contribution in [3.8, 4) is 5.75 Å². The van der Waals surface area contributed by atoms with Crippen molar-refractivity contribution in [3.63, 3.8) is 0 Å². The molecule has 360 valence electrons. The van der Waals surface area contributed by atoms with Gasteiger partial charge in [0.2, 0.25) is 35.4 Å². The van der Waals surface area contributed by atoms with E-state index in [1.165, 1.54) is 47.9 Å². The number of aliphatic carboxylic acids is 2. The SMILES string of the molecule is CC[C@H](C)[C@H](NC(=O)[C@H](Cc1ccc(O)cc1)NC(=O)[C@@H](NC(=O)[C@H](CCCn1ccnc1N)NC(=O)[C@@H](N)CC(=O)O)C(C)C)C(=O)N[C@@H](Cc1cnc[nH]1)C(=O)N1CCC[C@H]1C(=O)O. The normalized spacial score (nSPS) is 16.8. The molecular weight excluding hydrogens is 861 g/mol. The Hall–Kier alpha value is -7.04. The highest BCUT2D eigenvalue weighted by atomic mass is 16.4. The Balaban J connectivity index is 1.58. The van der Waals surface area contributed by atoms with Crippen molar-refractivity contribution in [2.45, 2.75) is 128 Å². The fourth-order valence-electron chi connectivity index (χ4n) is 7.47. The monoisotopic (exact) mass is 922 g/mol. The van der Waals surface area contributed by atoms with Crippen molar-refractivity contribution < 1.29 is 53.7 Å². The lowest BCUT2D eigenvalue weighted by Crippen LogP contribution is -2.62. The number of nitrogens with zero attached hydrogens (tertiary/aromatic N) is 4. The highest BCUT2D eigenvalue weighted by molar-refractivity contribution is 5.97. The number of nitrogens with one attached hydrogen (secondary N) is 6. The molecule has 0 unspecified atom stereocenters. The first-order valence-corrected chi connectivity index (χ1v) is 21.8. The van der Waals surface area contributed by atoms with Gasteiger partial charge in [-0.3, -0.25) is 33.6 Å². The molecule has 1 aliphatic heterocycles. The van der Waals surface area contributed by atoms with Crippen molar-refractivity contribution in [1.29, 1.82) is 0 Å². The van der Waals surface area contributed by atoms with Crippen molar-refractivity contribution in [1.82, 2.24) is 51.0 Å². The van der Waals surface area contributed by atoms with E-state index in [0.29, 0.717) is 30.6 Å². The lowest BCUT2D eigenvalue weighted by Gasteiger charge is -2.31. The number of nitrogen functional groups attached to an aromatic ring is 1. The molecule has 8 atom stereocenters. The summed E-state index contributed by atoms with van der Waals surface area (Å²) in [6, 6.07) is -3.17. The van der Waals surface area contributed by atoms with Gasteiger partial charge >= 0.3 is 11.9 Å². The van der Waals surface area contributed by atoms with Crippen molar-refractivity contribution in [2.75, 3.05) is 12.3 Å². The summed E-state index contributed by atoms with van der Waals surface area (Å²) >= 11 is 0. The fraction of sp³-hybridized carbons (Fsp3) is 0.535. The summed E-state index contributed by atoms with van der Waals surface area (Å²) in [5, 5.41) is 42.3. The number of aromatic amines is 1. The molecule has 2 aromatic heterocycles. The van der Waals surface area contributed by atoms with Gasteiger partial charge in [-0.1, -0.05) is 46.2 Å². The summed E-state index contributed by atoms with van der Waals surface area (Å²) in [4.78, 5) is 119. The first kappa shape index (κ1) is 51.6. The summed E-state index contributed by atoms with van der Waals surface area (Å²) in [5.41, 5.74) is 12.7. The van der Waals surface area contributed by atoms with Gasteiger partial charge < -0.3 is 67.8 Å². The van der Waals surface area contributed by atoms with Crippen LogP contribution in [0, 0.1) is 11.8 Å². The third-order valence-electron chi connectivity index (χ3n) is 11.5. The van der Waals surface area contributed by atoms with Crippen LogP contribution in [-0.2, 0) is 57.7 Å². The minimum Gasteiger partial charge on any atom is -0.508 e. The van der Waals surface area contributed by atoms with E-state index < -0.39 is 108 Å². The van der Waals surface area contributed by atoms with Gasteiger partial charge in [-0.2, -0.15) is 0 Å². The number of aromatic nitrogens is 4. The number of H-pyrrole nitrogens is 1. The largest absolute Gasteiger partial charge is 0.508 e. The Morgan fingerprint density at radius 2 is 1.48 bits per heavy atom. The minimum atomic E-state index is -1.48. The number of nitrogens with two attached hydrogens (primary N) is 2. The van der Waals surface area contributed by atoms with Crippen molar-refractivity contribution >= 4 is 53.3 Å².